The van der Waals surface area contributed by atoms with Gasteiger partial charge in [-0.2, -0.15) is 0 Å². The van der Waals surface area contributed by atoms with Crippen molar-refractivity contribution >= 4 is 28.9 Å². The first kappa shape index (κ1) is 13.0. The summed E-state index contributed by atoms with van der Waals surface area (Å²) in [7, 11) is 0. The summed E-state index contributed by atoms with van der Waals surface area (Å²) in [5.74, 6) is 1.53. The Morgan fingerprint density at radius 2 is 1.65 bits per heavy atom. The molecular formula is C14H16ClN5. The van der Waals surface area contributed by atoms with Crippen LogP contribution in [-0.2, 0) is 0 Å². The van der Waals surface area contributed by atoms with Crippen molar-refractivity contribution < 1.29 is 0 Å². The number of aromatic nitrogens is 2. The second kappa shape index (κ2) is 5.54. The maximum atomic E-state index is 5.86. The van der Waals surface area contributed by atoms with Gasteiger partial charge in [0.05, 0.1) is 16.9 Å². The lowest BCUT2D eigenvalue weighted by molar-refractivity contribution is 0.647. The SMILES string of the molecule is Nc1ccc(N2CCN(c3ccc(Cl)cn3)CC2)cn1. The number of rotatable bonds is 2. The highest BCUT2D eigenvalue weighted by Gasteiger charge is 2.18. The zero-order valence-corrected chi connectivity index (χ0v) is 11.8. The van der Waals surface area contributed by atoms with E-state index < -0.39 is 0 Å². The van der Waals surface area contributed by atoms with Gasteiger partial charge in [-0.3, -0.25) is 0 Å². The number of nitrogens with two attached hydrogens (primary N) is 1. The van der Waals surface area contributed by atoms with E-state index in [1.54, 1.807) is 6.20 Å². The Hall–Kier alpha value is -2.01. The molecule has 3 rings (SSSR count). The smallest absolute Gasteiger partial charge is 0.128 e. The van der Waals surface area contributed by atoms with E-state index in [0.717, 1.165) is 37.7 Å². The Labute approximate surface area is 123 Å². The van der Waals surface area contributed by atoms with Crippen molar-refractivity contribution in [2.45, 2.75) is 0 Å². The fraction of sp³-hybridized carbons (Fsp3) is 0.286. The number of piperazine rings is 1. The second-order valence-electron chi connectivity index (χ2n) is 4.75. The van der Waals surface area contributed by atoms with Crippen LogP contribution in [0.25, 0.3) is 0 Å². The number of halogens is 1. The summed E-state index contributed by atoms with van der Waals surface area (Å²) in [6, 6.07) is 7.68. The van der Waals surface area contributed by atoms with E-state index in [9.17, 15) is 0 Å². The van der Waals surface area contributed by atoms with Gasteiger partial charge in [0.15, 0.2) is 0 Å². The van der Waals surface area contributed by atoms with Crippen molar-refractivity contribution in [2.24, 2.45) is 0 Å². The molecule has 0 bridgehead atoms. The first-order valence-electron chi connectivity index (χ1n) is 6.55. The summed E-state index contributed by atoms with van der Waals surface area (Å²) in [5, 5.41) is 0.667. The fourth-order valence-electron chi connectivity index (χ4n) is 2.33. The topological polar surface area (TPSA) is 58.3 Å². The Bertz CT molecular complexity index is 508. The van der Waals surface area contributed by atoms with Crippen molar-refractivity contribution in [1.29, 1.82) is 0 Å². The summed E-state index contributed by atoms with van der Waals surface area (Å²) >= 11 is 5.86. The summed E-state index contributed by atoms with van der Waals surface area (Å²) in [4.78, 5) is 13.1. The van der Waals surface area contributed by atoms with Gasteiger partial charge in [0.25, 0.3) is 0 Å². The van der Waals surface area contributed by atoms with E-state index in [1.807, 2.05) is 30.5 Å². The van der Waals surface area contributed by atoms with Crippen LogP contribution >= 0.6 is 11.6 Å². The normalized spacial score (nSPS) is 15.4. The molecule has 0 spiro atoms. The zero-order valence-electron chi connectivity index (χ0n) is 11.0. The lowest BCUT2D eigenvalue weighted by Crippen LogP contribution is -2.46. The number of nitrogen functional groups attached to an aromatic ring is 1. The minimum Gasteiger partial charge on any atom is -0.384 e. The van der Waals surface area contributed by atoms with E-state index in [1.165, 1.54) is 0 Å². The summed E-state index contributed by atoms with van der Waals surface area (Å²) < 4.78 is 0. The van der Waals surface area contributed by atoms with Crippen molar-refractivity contribution in [2.75, 3.05) is 41.7 Å². The molecule has 0 atom stereocenters. The number of nitrogens with zero attached hydrogens (tertiary/aromatic N) is 4. The van der Waals surface area contributed by atoms with Crippen LogP contribution in [0, 0.1) is 0 Å². The standard InChI is InChI=1S/C14H16ClN5/c15-11-1-4-14(18-9-11)20-7-5-19(6-8-20)12-2-3-13(16)17-10-12/h1-4,9-10H,5-8H2,(H2,16,17). The van der Waals surface area contributed by atoms with Crippen LogP contribution in [-0.4, -0.2) is 36.1 Å². The van der Waals surface area contributed by atoms with Gasteiger partial charge in [0.2, 0.25) is 0 Å². The molecule has 0 radical (unpaired) electrons. The lowest BCUT2D eigenvalue weighted by atomic mass is 10.2. The van der Waals surface area contributed by atoms with E-state index >= 15 is 0 Å². The Balaban J connectivity index is 1.64. The van der Waals surface area contributed by atoms with Gasteiger partial charge >= 0.3 is 0 Å². The number of hydrogen-bond donors (Lipinski definition) is 1. The molecule has 3 heterocycles. The van der Waals surface area contributed by atoms with E-state index in [-0.39, 0.29) is 0 Å². The third-order valence-electron chi connectivity index (χ3n) is 3.45. The van der Waals surface area contributed by atoms with Crippen LogP contribution in [0.1, 0.15) is 0 Å². The van der Waals surface area contributed by atoms with Crippen molar-refractivity contribution in [3.8, 4) is 0 Å². The van der Waals surface area contributed by atoms with Crippen LogP contribution in [0.4, 0.5) is 17.3 Å². The quantitative estimate of drug-likeness (QED) is 0.917. The molecule has 1 aliphatic rings. The third-order valence-corrected chi connectivity index (χ3v) is 3.67. The second-order valence-corrected chi connectivity index (χ2v) is 5.19. The summed E-state index contributed by atoms with van der Waals surface area (Å²) in [6.07, 6.45) is 3.51. The van der Waals surface area contributed by atoms with Crippen LogP contribution < -0.4 is 15.5 Å². The minimum absolute atomic E-state index is 0.553. The highest BCUT2D eigenvalue weighted by Crippen LogP contribution is 2.20. The third kappa shape index (κ3) is 2.77. The van der Waals surface area contributed by atoms with Gasteiger partial charge in [0, 0.05) is 32.4 Å². The predicted molar refractivity (Wildman–Crippen MR) is 82.3 cm³/mol. The molecule has 2 N–H and O–H groups in total. The molecule has 1 saturated heterocycles. The average molecular weight is 290 g/mol. The maximum Gasteiger partial charge on any atom is 0.128 e. The highest BCUT2D eigenvalue weighted by atomic mass is 35.5. The van der Waals surface area contributed by atoms with E-state index in [0.29, 0.717) is 10.8 Å². The maximum absolute atomic E-state index is 5.86. The first-order valence-corrected chi connectivity index (χ1v) is 6.93. The molecule has 2 aromatic rings. The molecule has 1 fully saturated rings. The number of hydrogen-bond acceptors (Lipinski definition) is 5. The summed E-state index contributed by atoms with van der Waals surface area (Å²) in [5.41, 5.74) is 6.72. The molecule has 5 nitrogen and oxygen atoms in total. The molecule has 6 heteroatoms. The molecule has 1 aliphatic heterocycles. The Morgan fingerprint density at radius 1 is 0.900 bits per heavy atom. The zero-order chi connectivity index (χ0) is 13.9. The van der Waals surface area contributed by atoms with Crippen molar-refractivity contribution in [1.82, 2.24) is 9.97 Å². The van der Waals surface area contributed by atoms with Gasteiger partial charge in [0.1, 0.15) is 11.6 Å². The molecule has 0 aliphatic carbocycles. The molecule has 0 unspecified atom stereocenters. The monoisotopic (exact) mass is 289 g/mol. The van der Waals surface area contributed by atoms with Gasteiger partial charge in [-0.05, 0) is 24.3 Å². The van der Waals surface area contributed by atoms with Crippen molar-refractivity contribution in [3.63, 3.8) is 0 Å². The minimum atomic E-state index is 0.553. The van der Waals surface area contributed by atoms with Crippen molar-refractivity contribution in [3.05, 3.63) is 41.7 Å². The van der Waals surface area contributed by atoms with Gasteiger partial charge < -0.3 is 15.5 Å². The van der Waals surface area contributed by atoms with Gasteiger partial charge in [-0.15, -0.1) is 0 Å². The molecule has 2 aromatic heterocycles. The van der Waals surface area contributed by atoms with Gasteiger partial charge in [-0.25, -0.2) is 9.97 Å². The Morgan fingerprint density at radius 3 is 2.25 bits per heavy atom. The molecule has 0 amide bonds. The lowest BCUT2D eigenvalue weighted by Gasteiger charge is -2.36. The number of pyridine rings is 2. The van der Waals surface area contributed by atoms with Crippen LogP contribution in [0.15, 0.2) is 36.7 Å². The van der Waals surface area contributed by atoms with E-state index in [2.05, 4.69) is 19.8 Å². The largest absolute Gasteiger partial charge is 0.384 e. The Kier molecular flexibility index (Phi) is 3.60. The van der Waals surface area contributed by atoms with E-state index in [4.69, 9.17) is 17.3 Å². The molecule has 0 aromatic carbocycles. The summed E-state index contributed by atoms with van der Waals surface area (Å²) in [6.45, 7) is 3.74. The van der Waals surface area contributed by atoms with Crippen LogP contribution in [0.3, 0.4) is 0 Å². The fourth-order valence-corrected chi connectivity index (χ4v) is 2.45. The predicted octanol–water partition coefficient (Wildman–Crippen LogP) is 2.04. The molecule has 0 saturated carbocycles. The highest BCUT2D eigenvalue weighted by molar-refractivity contribution is 6.30. The first-order chi connectivity index (χ1) is 9.72. The van der Waals surface area contributed by atoms with Crippen LogP contribution in [0.5, 0.6) is 0 Å². The molecular weight excluding hydrogens is 274 g/mol. The molecule has 104 valence electrons. The van der Waals surface area contributed by atoms with Gasteiger partial charge in [-0.1, -0.05) is 11.6 Å². The molecule has 20 heavy (non-hydrogen) atoms. The average Bonchev–Trinajstić information content (AvgIpc) is 2.49. The van der Waals surface area contributed by atoms with Crippen LogP contribution in [0.2, 0.25) is 5.02 Å². The number of anilines is 3.